The molecule has 2 unspecified atom stereocenters. The summed E-state index contributed by atoms with van der Waals surface area (Å²) in [6, 6.07) is 6.52. The minimum absolute atomic E-state index is 0.0812. The van der Waals surface area contributed by atoms with Gasteiger partial charge in [0.1, 0.15) is 18.1 Å². The zero-order chi connectivity index (χ0) is 22.0. The van der Waals surface area contributed by atoms with Crippen LogP contribution in [0.4, 0.5) is 29.2 Å². The third-order valence-corrected chi connectivity index (χ3v) is 5.90. The number of hydrogen-bond acceptors (Lipinski definition) is 5. The standard InChI is InChI=1S/C21H27F4N5O/c1-15-13-28(18-8-3-2-7-17(18)22)9-10-29(15)20-27-26-19(12-21(23,24)25)30(20)14-16-6-4-5-11-31-16/h2-3,7-8,15-16H,4-6,9-14H2,1H3. The molecule has 10 heteroatoms. The molecule has 2 atom stereocenters. The molecule has 2 aliphatic heterocycles. The molecule has 6 nitrogen and oxygen atoms in total. The van der Waals surface area contributed by atoms with Crippen LogP contribution in [0.1, 0.15) is 32.0 Å². The fourth-order valence-electron chi connectivity index (χ4n) is 4.37. The van der Waals surface area contributed by atoms with Crippen molar-refractivity contribution in [2.24, 2.45) is 0 Å². The number of benzene rings is 1. The SMILES string of the molecule is CC1CN(c2ccccc2F)CCN1c1nnc(CC(F)(F)F)n1CC1CCCCO1. The molecular formula is C21H27F4N5O. The number of hydrogen-bond donors (Lipinski definition) is 0. The van der Waals surface area contributed by atoms with Crippen LogP contribution in [-0.2, 0) is 17.7 Å². The molecule has 3 heterocycles. The number of alkyl halides is 3. The van der Waals surface area contributed by atoms with Crippen molar-refractivity contribution in [3.8, 4) is 0 Å². The average molecular weight is 441 g/mol. The number of aromatic nitrogens is 3. The van der Waals surface area contributed by atoms with Crippen molar-refractivity contribution >= 4 is 11.6 Å². The molecule has 2 aromatic rings. The Hall–Kier alpha value is -2.36. The van der Waals surface area contributed by atoms with Crippen molar-refractivity contribution < 1.29 is 22.3 Å². The molecule has 0 aliphatic carbocycles. The molecule has 170 valence electrons. The largest absolute Gasteiger partial charge is 0.396 e. The topological polar surface area (TPSA) is 46.4 Å². The molecule has 0 amide bonds. The van der Waals surface area contributed by atoms with Crippen LogP contribution >= 0.6 is 0 Å². The zero-order valence-corrected chi connectivity index (χ0v) is 17.5. The fourth-order valence-corrected chi connectivity index (χ4v) is 4.37. The van der Waals surface area contributed by atoms with Crippen LogP contribution in [0, 0.1) is 5.82 Å². The highest BCUT2D eigenvalue weighted by Crippen LogP contribution is 2.28. The summed E-state index contributed by atoms with van der Waals surface area (Å²) < 4.78 is 61.0. The molecule has 1 aromatic heterocycles. The normalized spacial score (nSPS) is 22.7. The van der Waals surface area contributed by atoms with E-state index in [0.717, 1.165) is 19.3 Å². The molecular weight excluding hydrogens is 414 g/mol. The lowest BCUT2D eigenvalue weighted by molar-refractivity contribution is -0.129. The summed E-state index contributed by atoms with van der Waals surface area (Å²) in [7, 11) is 0. The van der Waals surface area contributed by atoms with Gasteiger partial charge in [0, 0.05) is 32.3 Å². The lowest BCUT2D eigenvalue weighted by Crippen LogP contribution is -2.53. The van der Waals surface area contributed by atoms with Gasteiger partial charge in [-0.3, -0.25) is 4.57 Å². The van der Waals surface area contributed by atoms with Crippen molar-refractivity contribution in [2.75, 3.05) is 36.0 Å². The lowest BCUT2D eigenvalue weighted by Gasteiger charge is -2.41. The zero-order valence-electron chi connectivity index (χ0n) is 17.5. The van der Waals surface area contributed by atoms with Crippen LogP contribution in [0.2, 0.25) is 0 Å². The first-order valence-corrected chi connectivity index (χ1v) is 10.7. The fraction of sp³-hybridized carbons (Fsp3) is 0.619. The minimum Gasteiger partial charge on any atom is -0.376 e. The average Bonchev–Trinajstić information content (AvgIpc) is 3.09. The number of para-hydroxylation sites is 1. The van der Waals surface area contributed by atoms with E-state index < -0.39 is 12.6 Å². The van der Waals surface area contributed by atoms with Crippen LogP contribution in [0.5, 0.6) is 0 Å². The summed E-state index contributed by atoms with van der Waals surface area (Å²) in [6.07, 6.45) is -2.88. The van der Waals surface area contributed by atoms with Crippen LogP contribution in [0.25, 0.3) is 0 Å². The maximum absolute atomic E-state index is 14.2. The minimum atomic E-state index is -4.37. The molecule has 2 saturated heterocycles. The molecule has 0 bridgehead atoms. The predicted octanol–water partition coefficient (Wildman–Crippen LogP) is 3.81. The van der Waals surface area contributed by atoms with Gasteiger partial charge in [-0.15, -0.1) is 10.2 Å². The summed E-state index contributed by atoms with van der Waals surface area (Å²) >= 11 is 0. The van der Waals surface area contributed by atoms with Crippen molar-refractivity contribution in [3.63, 3.8) is 0 Å². The quantitative estimate of drug-likeness (QED) is 0.661. The van der Waals surface area contributed by atoms with E-state index in [0.29, 0.717) is 44.4 Å². The third kappa shape index (κ3) is 5.11. The van der Waals surface area contributed by atoms with Crippen LogP contribution in [0.15, 0.2) is 24.3 Å². The van der Waals surface area contributed by atoms with Crippen LogP contribution in [0.3, 0.4) is 0 Å². The second-order valence-corrected chi connectivity index (χ2v) is 8.25. The first-order chi connectivity index (χ1) is 14.8. The maximum Gasteiger partial charge on any atom is 0.396 e. The first kappa shape index (κ1) is 21.9. The Morgan fingerprint density at radius 2 is 1.94 bits per heavy atom. The highest BCUT2D eigenvalue weighted by Gasteiger charge is 2.35. The van der Waals surface area contributed by atoms with Gasteiger partial charge in [0.05, 0.1) is 18.3 Å². The molecule has 0 radical (unpaired) electrons. The van der Waals surface area contributed by atoms with Gasteiger partial charge in [-0.1, -0.05) is 12.1 Å². The Bertz CT molecular complexity index is 881. The smallest absolute Gasteiger partial charge is 0.376 e. The van der Waals surface area contributed by atoms with E-state index >= 15 is 0 Å². The highest BCUT2D eigenvalue weighted by molar-refractivity contribution is 5.50. The van der Waals surface area contributed by atoms with Crippen molar-refractivity contribution in [1.29, 1.82) is 0 Å². The van der Waals surface area contributed by atoms with E-state index in [-0.39, 0.29) is 23.8 Å². The van der Waals surface area contributed by atoms with Gasteiger partial charge in [-0.25, -0.2) is 4.39 Å². The van der Waals surface area contributed by atoms with Crippen molar-refractivity contribution in [2.45, 2.75) is 57.5 Å². The molecule has 0 spiro atoms. The Morgan fingerprint density at radius 1 is 1.13 bits per heavy atom. The van der Waals surface area contributed by atoms with Crippen LogP contribution < -0.4 is 9.80 Å². The summed E-state index contributed by atoms with van der Waals surface area (Å²) in [4.78, 5) is 3.92. The first-order valence-electron chi connectivity index (χ1n) is 10.7. The number of rotatable bonds is 5. The van der Waals surface area contributed by atoms with E-state index in [2.05, 4.69) is 10.2 Å². The number of piperazine rings is 1. The Morgan fingerprint density at radius 3 is 2.61 bits per heavy atom. The molecule has 2 fully saturated rings. The van der Waals surface area contributed by atoms with Gasteiger partial charge in [0.25, 0.3) is 0 Å². The Labute approximate surface area is 178 Å². The number of nitrogens with zero attached hydrogens (tertiary/aromatic N) is 5. The lowest BCUT2D eigenvalue weighted by atomic mass is 10.1. The van der Waals surface area contributed by atoms with Crippen molar-refractivity contribution in [1.82, 2.24) is 14.8 Å². The number of ether oxygens (including phenoxy) is 1. The van der Waals surface area contributed by atoms with Gasteiger partial charge in [-0.05, 0) is 38.3 Å². The number of anilines is 2. The van der Waals surface area contributed by atoms with E-state index in [9.17, 15) is 17.6 Å². The molecule has 0 N–H and O–H groups in total. The monoisotopic (exact) mass is 441 g/mol. The van der Waals surface area contributed by atoms with E-state index in [1.54, 1.807) is 22.8 Å². The Balaban J connectivity index is 1.56. The van der Waals surface area contributed by atoms with Gasteiger partial charge in [0.2, 0.25) is 5.95 Å². The molecule has 2 aliphatic rings. The predicted molar refractivity (Wildman–Crippen MR) is 109 cm³/mol. The van der Waals surface area contributed by atoms with Gasteiger partial charge < -0.3 is 14.5 Å². The molecule has 31 heavy (non-hydrogen) atoms. The van der Waals surface area contributed by atoms with E-state index in [1.807, 2.05) is 16.7 Å². The van der Waals surface area contributed by atoms with Gasteiger partial charge >= 0.3 is 6.18 Å². The molecule has 4 rings (SSSR count). The van der Waals surface area contributed by atoms with Gasteiger partial charge in [0.15, 0.2) is 0 Å². The summed E-state index contributed by atoms with van der Waals surface area (Å²) in [6.45, 7) is 4.45. The van der Waals surface area contributed by atoms with Gasteiger partial charge in [-0.2, -0.15) is 13.2 Å². The maximum atomic E-state index is 14.2. The second-order valence-electron chi connectivity index (χ2n) is 8.25. The van der Waals surface area contributed by atoms with Crippen molar-refractivity contribution in [3.05, 3.63) is 35.9 Å². The second kappa shape index (κ2) is 9.02. The summed E-state index contributed by atoms with van der Waals surface area (Å²) in [5.41, 5.74) is 0.531. The highest BCUT2D eigenvalue weighted by atomic mass is 19.4. The van der Waals surface area contributed by atoms with Crippen LogP contribution in [-0.4, -0.2) is 59.3 Å². The molecule has 0 saturated carbocycles. The Kier molecular flexibility index (Phi) is 6.36. The van der Waals surface area contributed by atoms with E-state index in [1.165, 1.54) is 6.07 Å². The van der Waals surface area contributed by atoms with E-state index in [4.69, 9.17) is 4.74 Å². The third-order valence-electron chi connectivity index (χ3n) is 5.90. The molecule has 1 aromatic carbocycles. The summed E-state index contributed by atoms with van der Waals surface area (Å²) in [5.74, 6) is 0.0442. The number of halogens is 4. The summed E-state index contributed by atoms with van der Waals surface area (Å²) in [5, 5.41) is 8.04.